The van der Waals surface area contributed by atoms with Crippen LogP contribution in [0.5, 0.6) is 0 Å². The predicted molar refractivity (Wildman–Crippen MR) is 55.1 cm³/mol. The van der Waals surface area contributed by atoms with Gasteiger partial charge in [0.05, 0.1) is 12.2 Å². The maximum absolute atomic E-state index is 11.8. The molecule has 0 saturated heterocycles. The van der Waals surface area contributed by atoms with Crippen molar-refractivity contribution in [2.75, 3.05) is 13.3 Å². The number of hydrogen-bond donors (Lipinski definition) is 1. The van der Waals surface area contributed by atoms with E-state index in [-0.39, 0.29) is 12.2 Å². The van der Waals surface area contributed by atoms with Crippen LogP contribution in [0.25, 0.3) is 0 Å². The van der Waals surface area contributed by atoms with E-state index in [1.54, 1.807) is 12.1 Å². The standard InChI is InChI=1S/C10H10BFO4/c12-3-4-15-10(13)7-1-2-8-6-16-11(14)9(8)5-7/h1-2,5,14H,3-4,6H2. The van der Waals surface area contributed by atoms with Crippen LogP contribution in [0, 0.1) is 0 Å². The quantitative estimate of drug-likeness (QED) is 0.581. The van der Waals surface area contributed by atoms with E-state index in [4.69, 9.17) is 4.65 Å². The Hall–Kier alpha value is -1.40. The Morgan fingerprint density at radius 2 is 2.44 bits per heavy atom. The van der Waals surface area contributed by atoms with Gasteiger partial charge in [-0.25, -0.2) is 9.18 Å². The van der Waals surface area contributed by atoms with Gasteiger partial charge in [-0.15, -0.1) is 0 Å². The minimum absolute atomic E-state index is 0.255. The smallest absolute Gasteiger partial charge is 0.459 e. The third kappa shape index (κ3) is 2.07. The van der Waals surface area contributed by atoms with E-state index in [0.717, 1.165) is 5.56 Å². The van der Waals surface area contributed by atoms with Gasteiger partial charge in [-0.3, -0.25) is 0 Å². The van der Waals surface area contributed by atoms with Crippen molar-refractivity contribution < 1.29 is 23.6 Å². The van der Waals surface area contributed by atoms with Crippen LogP contribution in [-0.4, -0.2) is 31.4 Å². The number of carbonyl (C=O) groups is 1. The maximum atomic E-state index is 11.8. The molecule has 4 nitrogen and oxygen atoms in total. The van der Waals surface area contributed by atoms with E-state index in [0.29, 0.717) is 12.1 Å². The van der Waals surface area contributed by atoms with Gasteiger partial charge in [0.2, 0.25) is 0 Å². The fourth-order valence-electron chi connectivity index (χ4n) is 1.56. The molecule has 1 heterocycles. The molecular weight excluding hydrogens is 214 g/mol. The van der Waals surface area contributed by atoms with Gasteiger partial charge in [0.15, 0.2) is 0 Å². The molecule has 0 bridgehead atoms. The largest absolute Gasteiger partial charge is 0.491 e. The third-order valence-corrected chi connectivity index (χ3v) is 2.35. The summed E-state index contributed by atoms with van der Waals surface area (Å²) >= 11 is 0. The summed E-state index contributed by atoms with van der Waals surface area (Å²) in [6.07, 6.45) is 0. The summed E-state index contributed by atoms with van der Waals surface area (Å²) in [7, 11) is -0.996. The molecular formula is C10H10BFO4. The molecule has 0 fully saturated rings. The first-order chi connectivity index (χ1) is 7.72. The van der Waals surface area contributed by atoms with Crippen LogP contribution in [0.1, 0.15) is 15.9 Å². The first-order valence-electron chi connectivity index (χ1n) is 4.88. The zero-order valence-electron chi connectivity index (χ0n) is 8.48. The lowest BCUT2D eigenvalue weighted by Gasteiger charge is -2.04. The molecule has 0 unspecified atom stereocenters. The normalized spacial score (nSPS) is 13.8. The Balaban J connectivity index is 2.17. The Bertz CT molecular complexity index is 410. The van der Waals surface area contributed by atoms with Gasteiger partial charge in [0.25, 0.3) is 0 Å². The van der Waals surface area contributed by atoms with Crippen molar-refractivity contribution in [2.45, 2.75) is 6.61 Å². The van der Waals surface area contributed by atoms with Gasteiger partial charge in [-0.1, -0.05) is 6.07 Å². The Labute approximate surface area is 92.1 Å². The van der Waals surface area contributed by atoms with Crippen LogP contribution in [-0.2, 0) is 16.0 Å². The maximum Gasteiger partial charge on any atom is 0.491 e. The number of alkyl halides is 1. The van der Waals surface area contributed by atoms with Gasteiger partial charge >= 0.3 is 13.1 Å². The van der Waals surface area contributed by atoms with Gasteiger partial charge in [-0.05, 0) is 23.2 Å². The van der Waals surface area contributed by atoms with Gasteiger partial charge in [0.1, 0.15) is 13.3 Å². The number of esters is 1. The van der Waals surface area contributed by atoms with Crippen LogP contribution in [0.2, 0.25) is 0 Å². The van der Waals surface area contributed by atoms with Crippen molar-refractivity contribution in [3.05, 3.63) is 29.3 Å². The molecule has 1 N–H and O–H groups in total. The summed E-state index contributed by atoms with van der Waals surface area (Å²) in [6, 6.07) is 4.77. The lowest BCUT2D eigenvalue weighted by Crippen LogP contribution is -2.28. The molecule has 0 aliphatic carbocycles. The molecule has 0 aromatic heterocycles. The molecule has 0 radical (unpaired) electrons. The van der Waals surface area contributed by atoms with Crippen molar-refractivity contribution in [2.24, 2.45) is 0 Å². The van der Waals surface area contributed by atoms with E-state index in [1.165, 1.54) is 6.07 Å². The minimum atomic E-state index is -0.996. The number of ether oxygens (including phenoxy) is 1. The molecule has 6 heteroatoms. The Morgan fingerprint density at radius 3 is 3.19 bits per heavy atom. The predicted octanol–water partition coefficient (Wildman–Crippen LogP) is 0.0306. The number of hydrogen-bond acceptors (Lipinski definition) is 4. The summed E-state index contributed by atoms with van der Waals surface area (Å²) in [5.41, 5.74) is 1.70. The van der Waals surface area contributed by atoms with Crippen molar-refractivity contribution in [3.63, 3.8) is 0 Å². The van der Waals surface area contributed by atoms with Crippen LogP contribution < -0.4 is 5.46 Å². The Kier molecular flexibility index (Phi) is 3.21. The second kappa shape index (κ2) is 4.63. The minimum Gasteiger partial charge on any atom is -0.459 e. The monoisotopic (exact) mass is 224 g/mol. The third-order valence-electron chi connectivity index (χ3n) is 2.35. The molecule has 0 saturated carbocycles. The van der Waals surface area contributed by atoms with Crippen molar-refractivity contribution in [1.29, 1.82) is 0 Å². The first-order valence-corrected chi connectivity index (χ1v) is 4.88. The zero-order valence-corrected chi connectivity index (χ0v) is 8.48. The summed E-state index contributed by atoms with van der Waals surface area (Å²) in [5, 5.41) is 9.43. The van der Waals surface area contributed by atoms with Crippen LogP contribution >= 0.6 is 0 Å². The van der Waals surface area contributed by atoms with Crippen molar-refractivity contribution >= 4 is 18.6 Å². The topological polar surface area (TPSA) is 55.8 Å². The highest BCUT2D eigenvalue weighted by molar-refractivity contribution is 6.61. The van der Waals surface area contributed by atoms with E-state index >= 15 is 0 Å². The molecule has 1 aromatic carbocycles. The van der Waals surface area contributed by atoms with Crippen LogP contribution in [0.4, 0.5) is 4.39 Å². The van der Waals surface area contributed by atoms with E-state index in [1.807, 2.05) is 0 Å². The SMILES string of the molecule is O=C(OCCF)c1ccc2c(c1)B(O)OC2. The van der Waals surface area contributed by atoms with Crippen LogP contribution in [0.3, 0.4) is 0 Å². The van der Waals surface area contributed by atoms with Crippen molar-refractivity contribution in [3.8, 4) is 0 Å². The first kappa shape index (κ1) is 11.1. The number of halogens is 1. The zero-order chi connectivity index (χ0) is 11.5. The molecule has 2 rings (SSSR count). The molecule has 0 amide bonds. The Morgan fingerprint density at radius 1 is 1.62 bits per heavy atom. The van der Waals surface area contributed by atoms with Gasteiger partial charge in [-0.2, -0.15) is 0 Å². The summed E-state index contributed by atoms with van der Waals surface area (Å²) in [5.74, 6) is -0.598. The lowest BCUT2D eigenvalue weighted by molar-refractivity contribution is 0.0481. The van der Waals surface area contributed by atoms with E-state index < -0.39 is 19.8 Å². The molecule has 84 valence electrons. The number of fused-ring (bicyclic) bond motifs is 1. The fourth-order valence-corrected chi connectivity index (χ4v) is 1.56. The second-order valence-corrected chi connectivity index (χ2v) is 3.40. The molecule has 0 spiro atoms. The molecule has 16 heavy (non-hydrogen) atoms. The molecule has 0 atom stereocenters. The highest BCUT2D eigenvalue weighted by Crippen LogP contribution is 2.12. The van der Waals surface area contributed by atoms with Crippen molar-refractivity contribution in [1.82, 2.24) is 0 Å². The number of benzene rings is 1. The number of rotatable bonds is 3. The number of carbonyl (C=O) groups excluding carboxylic acids is 1. The molecule has 1 aromatic rings. The fraction of sp³-hybridized carbons (Fsp3) is 0.300. The summed E-state index contributed by atoms with van der Waals surface area (Å²) in [4.78, 5) is 11.4. The lowest BCUT2D eigenvalue weighted by atomic mass is 9.79. The average molecular weight is 224 g/mol. The molecule has 1 aliphatic heterocycles. The molecule has 1 aliphatic rings. The van der Waals surface area contributed by atoms with E-state index in [2.05, 4.69) is 4.74 Å². The van der Waals surface area contributed by atoms with Gasteiger partial charge < -0.3 is 14.4 Å². The van der Waals surface area contributed by atoms with Gasteiger partial charge in [0, 0.05) is 0 Å². The highest BCUT2D eigenvalue weighted by Gasteiger charge is 2.28. The van der Waals surface area contributed by atoms with E-state index in [9.17, 15) is 14.2 Å². The second-order valence-electron chi connectivity index (χ2n) is 3.40. The average Bonchev–Trinajstić information content (AvgIpc) is 2.67. The van der Waals surface area contributed by atoms with Crippen LogP contribution in [0.15, 0.2) is 18.2 Å². The summed E-state index contributed by atoms with van der Waals surface area (Å²) < 4.78 is 21.4. The highest BCUT2D eigenvalue weighted by atomic mass is 19.1. The summed E-state index contributed by atoms with van der Waals surface area (Å²) in [6.45, 7) is -0.631.